The molecule has 4 amide bonds. The standard InChI is InChI=1S/C30H35N5O6/c1-33(26-10-11-27(37)32-29(26)39)30(40)25-9-8-23(16-20(25)18-36)41-24-7-6-22(17-24)35-14-12-34(13-15-35)21-4-2-19(3-5-21)28(31)38/h2-5,8-9,16,18,22,24,26H,6-7,10-15,17H2,1H3,(H2,31,38)(H,32,37,39). The van der Waals surface area contributed by atoms with E-state index in [-0.39, 0.29) is 36.0 Å². The summed E-state index contributed by atoms with van der Waals surface area (Å²) in [5, 5.41) is 2.26. The summed E-state index contributed by atoms with van der Waals surface area (Å²) in [5.41, 5.74) is 7.31. The second kappa shape index (κ2) is 12.1. The number of nitrogens with two attached hydrogens (primary N) is 1. The number of primary amides is 1. The van der Waals surface area contributed by atoms with E-state index in [9.17, 15) is 24.0 Å². The van der Waals surface area contributed by atoms with Gasteiger partial charge in [0.1, 0.15) is 17.9 Å². The summed E-state index contributed by atoms with van der Waals surface area (Å²) in [6, 6.07) is 11.9. The number of hydrogen-bond acceptors (Lipinski definition) is 8. The second-order valence-corrected chi connectivity index (χ2v) is 10.9. The first-order chi connectivity index (χ1) is 19.7. The van der Waals surface area contributed by atoms with Crippen LogP contribution in [0.15, 0.2) is 42.5 Å². The van der Waals surface area contributed by atoms with Crippen molar-refractivity contribution in [2.45, 2.75) is 50.3 Å². The molecule has 3 unspecified atom stereocenters. The van der Waals surface area contributed by atoms with Crippen molar-refractivity contribution < 1.29 is 28.7 Å². The van der Waals surface area contributed by atoms with Gasteiger partial charge in [-0.3, -0.25) is 34.2 Å². The number of benzene rings is 2. The Bertz CT molecular complexity index is 1340. The van der Waals surface area contributed by atoms with Crippen molar-refractivity contribution in [2.24, 2.45) is 5.73 Å². The van der Waals surface area contributed by atoms with E-state index in [1.807, 2.05) is 12.1 Å². The topological polar surface area (TPSA) is 142 Å². The lowest BCUT2D eigenvalue weighted by Gasteiger charge is -2.39. The van der Waals surface area contributed by atoms with Gasteiger partial charge >= 0.3 is 0 Å². The van der Waals surface area contributed by atoms with Crippen molar-refractivity contribution in [3.05, 3.63) is 59.2 Å². The zero-order valence-electron chi connectivity index (χ0n) is 23.1. The van der Waals surface area contributed by atoms with Crippen LogP contribution in [-0.4, -0.2) is 91.1 Å². The fourth-order valence-electron chi connectivity index (χ4n) is 6.02. The van der Waals surface area contributed by atoms with Crippen LogP contribution in [0.4, 0.5) is 5.69 Å². The third-order valence-electron chi connectivity index (χ3n) is 8.39. The minimum Gasteiger partial charge on any atom is -0.490 e. The molecule has 2 aromatic rings. The number of aldehydes is 1. The van der Waals surface area contributed by atoms with Crippen LogP contribution < -0.4 is 20.7 Å². The monoisotopic (exact) mass is 561 g/mol. The molecule has 11 heteroatoms. The van der Waals surface area contributed by atoms with E-state index in [0.29, 0.717) is 23.6 Å². The molecule has 2 aliphatic heterocycles. The molecule has 1 saturated carbocycles. The van der Waals surface area contributed by atoms with Gasteiger partial charge in [-0.15, -0.1) is 0 Å². The molecule has 1 aliphatic carbocycles. The molecule has 0 bridgehead atoms. The first kappa shape index (κ1) is 28.3. The lowest BCUT2D eigenvalue weighted by molar-refractivity contribution is -0.136. The Morgan fingerprint density at radius 3 is 2.41 bits per heavy atom. The molecule has 5 rings (SSSR count). The zero-order valence-corrected chi connectivity index (χ0v) is 23.1. The number of nitrogens with one attached hydrogen (secondary N) is 1. The largest absolute Gasteiger partial charge is 0.490 e. The van der Waals surface area contributed by atoms with E-state index in [0.717, 1.165) is 51.1 Å². The molecular weight excluding hydrogens is 526 g/mol. The van der Waals surface area contributed by atoms with E-state index in [1.54, 1.807) is 30.3 Å². The van der Waals surface area contributed by atoms with Gasteiger partial charge in [0.15, 0.2) is 6.29 Å². The molecule has 2 aromatic carbocycles. The van der Waals surface area contributed by atoms with E-state index < -0.39 is 23.8 Å². The molecule has 3 N–H and O–H groups in total. The quantitative estimate of drug-likeness (QED) is 0.366. The lowest BCUT2D eigenvalue weighted by atomic mass is 10.0. The smallest absolute Gasteiger partial charge is 0.255 e. The highest BCUT2D eigenvalue weighted by Crippen LogP contribution is 2.30. The van der Waals surface area contributed by atoms with Gasteiger partial charge in [-0.1, -0.05) is 0 Å². The number of imide groups is 1. The summed E-state index contributed by atoms with van der Waals surface area (Å²) in [4.78, 5) is 66.1. The average Bonchev–Trinajstić information content (AvgIpc) is 3.45. The van der Waals surface area contributed by atoms with Crippen LogP contribution in [0.3, 0.4) is 0 Å². The predicted molar refractivity (Wildman–Crippen MR) is 151 cm³/mol. The number of likely N-dealkylation sites (N-methyl/N-ethyl adjacent to an activating group) is 1. The molecule has 216 valence electrons. The van der Waals surface area contributed by atoms with Gasteiger partial charge in [-0.2, -0.15) is 0 Å². The molecule has 41 heavy (non-hydrogen) atoms. The van der Waals surface area contributed by atoms with Gasteiger partial charge in [0.25, 0.3) is 5.91 Å². The maximum atomic E-state index is 13.1. The molecule has 0 radical (unpaired) electrons. The van der Waals surface area contributed by atoms with Crippen molar-refractivity contribution in [1.82, 2.24) is 15.1 Å². The molecule has 2 saturated heterocycles. The summed E-state index contributed by atoms with van der Waals surface area (Å²) in [7, 11) is 1.50. The summed E-state index contributed by atoms with van der Waals surface area (Å²) in [6.07, 6.45) is 3.82. The molecule has 3 fully saturated rings. The summed E-state index contributed by atoms with van der Waals surface area (Å²) in [5.74, 6) is -1.23. The Balaban J connectivity index is 1.14. The Morgan fingerprint density at radius 1 is 1.02 bits per heavy atom. The summed E-state index contributed by atoms with van der Waals surface area (Å²) >= 11 is 0. The second-order valence-electron chi connectivity index (χ2n) is 10.9. The first-order valence-corrected chi connectivity index (χ1v) is 14.0. The minimum absolute atomic E-state index is 0.00609. The van der Waals surface area contributed by atoms with Crippen LogP contribution in [0.25, 0.3) is 0 Å². The highest BCUT2D eigenvalue weighted by Gasteiger charge is 2.34. The number of piperazine rings is 1. The number of amides is 4. The lowest BCUT2D eigenvalue weighted by Crippen LogP contribution is -2.53. The molecule has 0 spiro atoms. The highest BCUT2D eigenvalue weighted by atomic mass is 16.5. The highest BCUT2D eigenvalue weighted by molar-refractivity contribution is 6.06. The number of carbonyl (C=O) groups excluding carboxylic acids is 5. The number of anilines is 1. The van der Waals surface area contributed by atoms with Gasteiger partial charge in [0.2, 0.25) is 17.7 Å². The van der Waals surface area contributed by atoms with Gasteiger partial charge in [0.05, 0.1) is 5.56 Å². The molecule has 2 heterocycles. The predicted octanol–water partition coefficient (Wildman–Crippen LogP) is 1.60. The van der Waals surface area contributed by atoms with Crippen LogP contribution in [-0.2, 0) is 9.59 Å². The van der Waals surface area contributed by atoms with Gasteiger partial charge in [0, 0.05) is 62.5 Å². The molecule has 3 atom stereocenters. The number of nitrogens with zero attached hydrogens (tertiary/aromatic N) is 3. The van der Waals surface area contributed by atoms with Gasteiger partial charge < -0.3 is 20.3 Å². The van der Waals surface area contributed by atoms with Crippen molar-refractivity contribution in [3.8, 4) is 5.75 Å². The third kappa shape index (κ3) is 6.25. The van der Waals surface area contributed by atoms with Crippen molar-refractivity contribution in [2.75, 3.05) is 38.1 Å². The molecular formula is C30H35N5O6. The van der Waals surface area contributed by atoms with Crippen LogP contribution in [0.2, 0.25) is 0 Å². The van der Waals surface area contributed by atoms with Crippen LogP contribution in [0, 0.1) is 0 Å². The fraction of sp³-hybridized carbons (Fsp3) is 0.433. The Morgan fingerprint density at radius 2 is 1.76 bits per heavy atom. The number of hydrogen-bond donors (Lipinski definition) is 2. The third-order valence-corrected chi connectivity index (χ3v) is 8.39. The van der Waals surface area contributed by atoms with Crippen molar-refractivity contribution in [3.63, 3.8) is 0 Å². The van der Waals surface area contributed by atoms with Crippen molar-refractivity contribution in [1.29, 1.82) is 0 Å². The summed E-state index contributed by atoms with van der Waals surface area (Å²) in [6.45, 7) is 3.65. The van der Waals surface area contributed by atoms with Crippen LogP contribution in [0.5, 0.6) is 5.75 Å². The zero-order chi connectivity index (χ0) is 29.1. The van der Waals surface area contributed by atoms with E-state index >= 15 is 0 Å². The number of carbonyl (C=O) groups is 5. The summed E-state index contributed by atoms with van der Waals surface area (Å²) < 4.78 is 6.24. The van der Waals surface area contributed by atoms with Gasteiger partial charge in [-0.25, -0.2) is 0 Å². The normalized spacial score (nSPS) is 23.1. The van der Waals surface area contributed by atoms with E-state index in [2.05, 4.69) is 15.1 Å². The van der Waals surface area contributed by atoms with E-state index in [4.69, 9.17) is 10.5 Å². The first-order valence-electron chi connectivity index (χ1n) is 14.0. The van der Waals surface area contributed by atoms with Gasteiger partial charge in [-0.05, 0) is 68.1 Å². The Hall–Kier alpha value is -4.25. The SMILES string of the molecule is CN(C(=O)c1ccc(OC2CCC(N3CCN(c4ccc(C(N)=O)cc4)CC3)C2)cc1C=O)C1CCC(=O)NC1=O. The van der Waals surface area contributed by atoms with Crippen LogP contribution in [0.1, 0.15) is 63.2 Å². The molecule has 11 nitrogen and oxygen atoms in total. The fourth-order valence-corrected chi connectivity index (χ4v) is 6.02. The number of ether oxygens (including phenoxy) is 1. The Labute approximate surface area is 238 Å². The molecule has 0 aromatic heterocycles. The maximum absolute atomic E-state index is 13.1. The average molecular weight is 562 g/mol. The van der Waals surface area contributed by atoms with E-state index in [1.165, 1.54) is 11.9 Å². The number of piperidine rings is 1. The number of rotatable bonds is 8. The maximum Gasteiger partial charge on any atom is 0.255 e. The molecule has 3 aliphatic rings. The van der Waals surface area contributed by atoms with Crippen LogP contribution >= 0.6 is 0 Å². The Kier molecular flexibility index (Phi) is 8.34. The van der Waals surface area contributed by atoms with Crippen molar-refractivity contribution >= 4 is 35.6 Å². The minimum atomic E-state index is -0.768.